The molecule has 2 aromatic rings. The van der Waals surface area contributed by atoms with Gasteiger partial charge in [0.05, 0.1) is 4.92 Å². The molecule has 2 heterocycles. The second-order valence-corrected chi connectivity index (χ2v) is 7.09. The molecule has 140 valence electrons. The maximum atomic E-state index is 12.3. The Hall–Kier alpha value is -2.61. The topological polar surface area (TPSA) is 109 Å². The maximum Gasteiger partial charge on any atom is 0.412 e. The zero-order valence-electron chi connectivity index (χ0n) is 15.3. The number of rotatable bonds is 5. The molecular weight excluding hydrogens is 338 g/mol. The number of nitrogens with one attached hydrogen (secondary N) is 1. The van der Waals surface area contributed by atoms with E-state index in [-0.39, 0.29) is 12.2 Å². The largest absolute Gasteiger partial charge is 0.438 e. The fourth-order valence-corrected chi connectivity index (χ4v) is 3.55. The fourth-order valence-electron chi connectivity index (χ4n) is 3.55. The number of carbonyl (C=O) groups is 1. The van der Waals surface area contributed by atoms with Gasteiger partial charge in [-0.3, -0.25) is 15.0 Å². The molecule has 0 aliphatic carbocycles. The molecule has 0 bridgehead atoms. The number of aryl methyl sites for hydroxylation is 1. The third-order valence-corrected chi connectivity index (χ3v) is 5.63. The number of nitro groups is 1. The first-order valence-corrected chi connectivity index (χ1v) is 8.59. The monoisotopic (exact) mass is 361 g/mol. The second-order valence-electron chi connectivity index (χ2n) is 7.09. The van der Waals surface area contributed by atoms with Crippen molar-refractivity contribution in [3.05, 3.63) is 39.6 Å². The molecule has 0 saturated carbocycles. The number of aliphatic hydroxyl groups is 1. The Morgan fingerprint density at radius 1 is 1.38 bits per heavy atom. The van der Waals surface area contributed by atoms with E-state index in [9.17, 15) is 20.0 Å². The van der Waals surface area contributed by atoms with Gasteiger partial charge in [-0.1, -0.05) is 6.92 Å². The van der Waals surface area contributed by atoms with Crippen molar-refractivity contribution in [2.24, 2.45) is 0 Å². The zero-order chi connectivity index (χ0) is 19.3. The van der Waals surface area contributed by atoms with Crippen LogP contribution in [0.3, 0.4) is 0 Å². The number of nitro benzene ring substituents is 1. The molecule has 3 rings (SSSR count). The molecular formula is C18H23N3O5. The van der Waals surface area contributed by atoms with Gasteiger partial charge in [0.15, 0.2) is 11.3 Å². The van der Waals surface area contributed by atoms with Gasteiger partial charge in [-0.25, -0.2) is 4.79 Å². The summed E-state index contributed by atoms with van der Waals surface area (Å²) in [6.45, 7) is 7.28. The molecule has 1 aromatic heterocycles. The minimum absolute atomic E-state index is 0.0175. The van der Waals surface area contributed by atoms with Gasteiger partial charge in [0.1, 0.15) is 0 Å². The first-order chi connectivity index (χ1) is 12.1. The van der Waals surface area contributed by atoms with E-state index in [1.807, 2.05) is 13.8 Å². The van der Waals surface area contributed by atoms with Crippen LogP contribution in [0.2, 0.25) is 0 Å². The lowest BCUT2D eigenvalue weighted by Gasteiger charge is -2.36. The van der Waals surface area contributed by atoms with Crippen LogP contribution in [0, 0.1) is 17.0 Å². The summed E-state index contributed by atoms with van der Waals surface area (Å²) in [5.41, 5.74) is 0.188. The van der Waals surface area contributed by atoms with Gasteiger partial charge in [0.25, 0.3) is 5.69 Å². The highest BCUT2D eigenvalue weighted by Crippen LogP contribution is 2.40. The van der Waals surface area contributed by atoms with Gasteiger partial charge < -0.3 is 14.8 Å². The van der Waals surface area contributed by atoms with Gasteiger partial charge in [0, 0.05) is 35.3 Å². The van der Waals surface area contributed by atoms with Crippen molar-refractivity contribution >= 4 is 22.7 Å². The van der Waals surface area contributed by atoms with E-state index >= 15 is 0 Å². The van der Waals surface area contributed by atoms with E-state index in [2.05, 4.69) is 4.98 Å². The molecule has 0 unspecified atom stereocenters. The summed E-state index contributed by atoms with van der Waals surface area (Å²) in [5, 5.41) is 22.7. The summed E-state index contributed by atoms with van der Waals surface area (Å²) in [6, 6.07) is 4.67. The van der Waals surface area contributed by atoms with Crippen LogP contribution in [0.4, 0.5) is 10.5 Å². The smallest absolute Gasteiger partial charge is 0.412 e. The van der Waals surface area contributed by atoms with Crippen molar-refractivity contribution in [1.29, 1.82) is 0 Å². The van der Waals surface area contributed by atoms with Crippen LogP contribution < -0.4 is 0 Å². The third kappa shape index (κ3) is 2.61. The zero-order valence-corrected chi connectivity index (χ0v) is 15.3. The molecule has 1 saturated heterocycles. The molecule has 0 spiro atoms. The summed E-state index contributed by atoms with van der Waals surface area (Å²) < 4.78 is 5.40. The van der Waals surface area contributed by atoms with Crippen LogP contribution in [0.15, 0.2) is 18.2 Å². The van der Waals surface area contributed by atoms with Crippen LogP contribution in [0.5, 0.6) is 0 Å². The van der Waals surface area contributed by atoms with Crippen LogP contribution in [0.1, 0.15) is 38.4 Å². The summed E-state index contributed by atoms with van der Waals surface area (Å²) in [7, 11) is 0. The van der Waals surface area contributed by atoms with Crippen LogP contribution in [-0.2, 0) is 11.2 Å². The lowest BCUT2D eigenvalue weighted by atomic mass is 9.90. The van der Waals surface area contributed by atoms with Crippen molar-refractivity contribution in [2.75, 3.05) is 6.54 Å². The van der Waals surface area contributed by atoms with Gasteiger partial charge in [-0.05, 0) is 45.2 Å². The molecule has 1 aliphatic heterocycles. The molecule has 1 fully saturated rings. The van der Waals surface area contributed by atoms with Crippen molar-refractivity contribution in [2.45, 2.75) is 51.9 Å². The van der Waals surface area contributed by atoms with Gasteiger partial charge in [0.2, 0.25) is 0 Å². The van der Waals surface area contributed by atoms with Crippen molar-refractivity contribution in [1.82, 2.24) is 9.88 Å². The average molecular weight is 361 g/mol. The Bertz CT molecular complexity index is 888. The van der Waals surface area contributed by atoms with Gasteiger partial charge in [-0.2, -0.15) is 0 Å². The van der Waals surface area contributed by atoms with Crippen molar-refractivity contribution in [3.8, 4) is 0 Å². The Kier molecular flexibility index (Phi) is 4.18. The minimum atomic E-state index is -1.43. The quantitative estimate of drug-likeness (QED) is 0.627. The molecule has 1 aromatic carbocycles. The predicted molar refractivity (Wildman–Crippen MR) is 95.9 cm³/mol. The van der Waals surface area contributed by atoms with Crippen LogP contribution >= 0.6 is 0 Å². The number of non-ortho nitro benzene ring substituents is 1. The molecule has 1 amide bonds. The van der Waals surface area contributed by atoms with Gasteiger partial charge >= 0.3 is 6.09 Å². The highest BCUT2D eigenvalue weighted by atomic mass is 16.6. The first kappa shape index (κ1) is 18.2. The Morgan fingerprint density at radius 3 is 2.65 bits per heavy atom. The Morgan fingerprint density at radius 2 is 2.08 bits per heavy atom. The van der Waals surface area contributed by atoms with E-state index in [0.717, 1.165) is 22.2 Å². The molecule has 1 aliphatic rings. The highest BCUT2D eigenvalue weighted by molar-refractivity contribution is 5.86. The normalized spacial score (nSPS) is 25.7. The molecule has 2 atom stereocenters. The van der Waals surface area contributed by atoms with Crippen molar-refractivity contribution < 1.29 is 19.6 Å². The van der Waals surface area contributed by atoms with E-state index in [4.69, 9.17) is 4.74 Å². The number of aromatic nitrogens is 1. The van der Waals surface area contributed by atoms with E-state index in [1.54, 1.807) is 19.9 Å². The number of cyclic esters (lactones) is 1. The number of carbonyl (C=O) groups excluding carboxylic acids is 1. The minimum Gasteiger partial charge on any atom is -0.438 e. The van der Waals surface area contributed by atoms with E-state index in [1.165, 1.54) is 17.0 Å². The number of hydrogen-bond acceptors (Lipinski definition) is 5. The number of amides is 1. The summed E-state index contributed by atoms with van der Waals surface area (Å²) >= 11 is 0. The Balaban J connectivity index is 1.90. The highest BCUT2D eigenvalue weighted by Gasteiger charge is 2.58. The molecule has 8 nitrogen and oxygen atoms in total. The number of benzene rings is 1. The fraction of sp³-hybridized carbons (Fsp3) is 0.500. The van der Waals surface area contributed by atoms with E-state index in [0.29, 0.717) is 12.8 Å². The van der Waals surface area contributed by atoms with Gasteiger partial charge in [-0.15, -0.1) is 0 Å². The number of fused-ring (bicyclic) bond motifs is 1. The number of nitrogens with zero attached hydrogens (tertiary/aromatic N) is 2. The summed E-state index contributed by atoms with van der Waals surface area (Å²) in [5.74, 6) is 0. The number of hydrogen-bond donors (Lipinski definition) is 2. The lowest BCUT2D eigenvalue weighted by Crippen LogP contribution is -2.55. The standard InChI is InChI=1S/C18H23N3O5/c1-5-17(3)18(4,23)20(16(22)26-17)9-8-13-11(2)19-15-7-6-12(21(24)25)10-14(13)15/h6-7,10,19,23H,5,8-9H2,1-4H3/t17-,18-/m1/s1. The SMILES string of the molecule is CC[C@@]1(C)OC(=O)N(CCc2c(C)[nH]c3ccc([N+](=O)[O-])cc23)[C@]1(C)O. The molecule has 0 radical (unpaired) electrons. The van der Waals surface area contributed by atoms with Crippen molar-refractivity contribution in [3.63, 3.8) is 0 Å². The Labute approximate surface area is 150 Å². The summed E-state index contributed by atoms with van der Waals surface area (Å²) in [6.07, 6.45) is 0.376. The molecule has 8 heteroatoms. The number of aromatic amines is 1. The molecule has 2 N–H and O–H groups in total. The number of ether oxygens (including phenoxy) is 1. The van der Waals surface area contributed by atoms with Crippen LogP contribution in [-0.4, -0.2) is 43.9 Å². The second kappa shape index (κ2) is 5.98. The summed E-state index contributed by atoms with van der Waals surface area (Å²) in [4.78, 5) is 27.4. The maximum absolute atomic E-state index is 12.3. The first-order valence-electron chi connectivity index (χ1n) is 8.59. The third-order valence-electron chi connectivity index (χ3n) is 5.63. The lowest BCUT2D eigenvalue weighted by molar-refractivity contribution is -0.384. The van der Waals surface area contributed by atoms with E-state index < -0.39 is 22.3 Å². The van der Waals surface area contributed by atoms with Crippen LogP contribution in [0.25, 0.3) is 10.9 Å². The number of H-pyrrole nitrogens is 1. The average Bonchev–Trinajstić information content (AvgIpc) is 2.97. The predicted octanol–water partition coefficient (Wildman–Crippen LogP) is 3.26. The molecule has 26 heavy (non-hydrogen) atoms.